The zero-order valence-electron chi connectivity index (χ0n) is 25.8. The molecule has 232 valence electrons. The summed E-state index contributed by atoms with van der Waals surface area (Å²) in [5, 5.41) is 6.50. The first-order chi connectivity index (χ1) is 20.6. The minimum Gasteiger partial charge on any atom is -0.479 e. The summed E-state index contributed by atoms with van der Waals surface area (Å²) in [6.07, 6.45) is 2.80. The monoisotopic (exact) mass is 612 g/mol. The summed E-state index contributed by atoms with van der Waals surface area (Å²) in [5.41, 5.74) is 3.71. The fourth-order valence-electron chi connectivity index (χ4n) is 5.93. The summed E-state index contributed by atoms with van der Waals surface area (Å²) in [6, 6.07) is 5.05. The van der Waals surface area contributed by atoms with Crippen molar-refractivity contribution in [3.8, 4) is 23.5 Å². The maximum Gasteiger partial charge on any atom is 0.291 e. The molecule has 1 aliphatic heterocycles. The van der Waals surface area contributed by atoms with E-state index in [9.17, 15) is 4.79 Å². The number of nitrogens with one attached hydrogen (secondary N) is 2. The third-order valence-electron chi connectivity index (χ3n) is 8.21. The van der Waals surface area contributed by atoms with Crippen molar-refractivity contribution in [1.29, 1.82) is 0 Å². The van der Waals surface area contributed by atoms with Gasteiger partial charge < -0.3 is 39.1 Å². The molecule has 2 aliphatic rings. The number of methoxy groups -OCH3 is 2. The number of furan rings is 1. The molecule has 0 radical (unpaired) electrons. The number of rotatable bonds is 11. The Hall–Kier alpha value is -3.54. The molecule has 0 bridgehead atoms. The van der Waals surface area contributed by atoms with E-state index in [0.29, 0.717) is 23.3 Å². The zero-order chi connectivity index (χ0) is 30.7. The SMILES string of the molecule is COc1nc(NCCCN2CCN(C)CC2)nc(OC)c1NC(=O)c1ccc(Oc2c(Cl)cc(C)c3c2CCC3(C)C)o1. The van der Waals surface area contributed by atoms with Gasteiger partial charge in [-0.1, -0.05) is 25.4 Å². The molecule has 43 heavy (non-hydrogen) atoms. The molecule has 2 aromatic heterocycles. The number of nitrogens with zero attached hydrogens (tertiary/aromatic N) is 4. The number of anilines is 2. The lowest BCUT2D eigenvalue weighted by Gasteiger charge is -2.32. The number of aromatic nitrogens is 2. The number of hydrogen-bond donors (Lipinski definition) is 2. The fourth-order valence-corrected chi connectivity index (χ4v) is 6.24. The molecule has 1 aliphatic carbocycles. The number of carbonyl (C=O) groups is 1. The molecular weight excluding hydrogens is 572 g/mol. The second-order valence-electron chi connectivity index (χ2n) is 11.8. The Morgan fingerprint density at radius 1 is 1.12 bits per heavy atom. The zero-order valence-corrected chi connectivity index (χ0v) is 26.6. The Morgan fingerprint density at radius 2 is 1.81 bits per heavy atom. The molecule has 1 saturated heterocycles. The molecule has 1 aromatic carbocycles. The number of halogens is 1. The third-order valence-corrected chi connectivity index (χ3v) is 8.49. The Kier molecular flexibility index (Phi) is 9.33. The Balaban J connectivity index is 1.24. The highest BCUT2D eigenvalue weighted by Gasteiger charge is 2.35. The predicted molar refractivity (Wildman–Crippen MR) is 166 cm³/mol. The first kappa shape index (κ1) is 30.9. The number of aryl methyl sites for hydroxylation is 1. The van der Waals surface area contributed by atoms with E-state index in [1.807, 2.05) is 6.07 Å². The second kappa shape index (κ2) is 13.0. The first-order valence-corrected chi connectivity index (χ1v) is 15.0. The normalized spacial score (nSPS) is 16.5. The van der Waals surface area contributed by atoms with Crippen LogP contribution in [0.5, 0.6) is 23.5 Å². The van der Waals surface area contributed by atoms with Crippen LogP contribution in [0.1, 0.15) is 53.9 Å². The molecule has 12 heteroatoms. The van der Waals surface area contributed by atoms with Crippen molar-refractivity contribution in [3.05, 3.63) is 45.7 Å². The summed E-state index contributed by atoms with van der Waals surface area (Å²) in [5.74, 6) is 0.898. The van der Waals surface area contributed by atoms with Crippen molar-refractivity contribution in [2.75, 3.05) is 71.2 Å². The molecule has 2 N–H and O–H groups in total. The number of hydrogen-bond acceptors (Lipinski definition) is 10. The quantitative estimate of drug-likeness (QED) is 0.274. The molecule has 3 aromatic rings. The number of likely N-dealkylation sites (N-methyl/N-ethyl adjacent to an activating group) is 1. The van der Waals surface area contributed by atoms with Gasteiger partial charge in [-0.15, -0.1) is 0 Å². The number of amides is 1. The largest absolute Gasteiger partial charge is 0.479 e. The van der Waals surface area contributed by atoms with Crippen LogP contribution in [0.2, 0.25) is 5.02 Å². The van der Waals surface area contributed by atoms with Crippen LogP contribution in [-0.2, 0) is 11.8 Å². The van der Waals surface area contributed by atoms with Gasteiger partial charge in [0.25, 0.3) is 11.9 Å². The van der Waals surface area contributed by atoms with E-state index in [1.54, 1.807) is 6.07 Å². The third kappa shape index (κ3) is 6.84. The molecule has 1 fully saturated rings. The molecule has 3 heterocycles. The molecular formula is C31H41ClN6O5. The van der Waals surface area contributed by atoms with Gasteiger partial charge in [-0.3, -0.25) is 4.79 Å². The predicted octanol–water partition coefficient (Wildman–Crippen LogP) is 5.37. The van der Waals surface area contributed by atoms with Crippen LogP contribution in [0.25, 0.3) is 0 Å². The molecule has 11 nitrogen and oxygen atoms in total. The highest BCUT2D eigenvalue weighted by molar-refractivity contribution is 6.32. The maximum atomic E-state index is 13.2. The van der Waals surface area contributed by atoms with Crippen molar-refractivity contribution in [2.24, 2.45) is 0 Å². The van der Waals surface area contributed by atoms with E-state index in [2.05, 4.69) is 58.2 Å². The van der Waals surface area contributed by atoms with Crippen LogP contribution in [0, 0.1) is 6.92 Å². The Morgan fingerprint density at radius 3 is 2.49 bits per heavy atom. The molecule has 1 amide bonds. The highest BCUT2D eigenvalue weighted by Crippen LogP contribution is 2.48. The van der Waals surface area contributed by atoms with Crippen molar-refractivity contribution in [3.63, 3.8) is 0 Å². The van der Waals surface area contributed by atoms with Crippen molar-refractivity contribution in [2.45, 2.75) is 45.4 Å². The standard InChI is InChI=1S/C31H41ClN6O5/c1-19-18-21(32)26(20-10-11-31(2,3)24(19)20)43-23-9-8-22(42-23)27(39)34-25-28(40-5)35-30(36-29(25)41-6)33-12-7-13-38-16-14-37(4)15-17-38/h8-9,18H,7,10-17H2,1-6H3,(H,34,39)(H,33,35,36). The summed E-state index contributed by atoms with van der Waals surface area (Å²) in [4.78, 5) is 26.9. The van der Waals surface area contributed by atoms with Gasteiger partial charge in [-0.05, 0) is 68.5 Å². The van der Waals surface area contributed by atoms with Crippen LogP contribution in [0.4, 0.5) is 11.6 Å². The minimum atomic E-state index is -0.538. The molecule has 0 spiro atoms. The highest BCUT2D eigenvalue weighted by atomic mass is 35.5. The van der Waals surface area contributed by atoms with Gasteiger partial charge in [0.1, 0.15) is 0 Å². The van der Waals surface area contributed by atoms with Gasteiger partial charge in [0.15, 0.2) is 17.2 Å². The minimum absolute atomic E-state index is 0.0328. The average molecular weight is 613 g/mol. The first-order valence-electron chi connectivity index (χ1n) is 14.7. The van der Waals surface area contributed by atoms with Gasteiger partial charge in [-0.2, -0.15) is 9.97 Å². The summed E-state index contributed by atoms with van der Waals surface area (Å²) in [6.45, 7) is 12.5. The lowest BCUT2D eigenvalue weighted by molar-refractivity contribution is 0.0990. The van der Waals surface area contributed by atoms with Crippen molar-refractivity contribution in [1.82, 2.24) is 19.8 Å². The van der Waals surface area contributed by atoms with Gasteiger partial charge >= 0.3 is 0 Å². The lowest BCUT2D eigenvalue weighted by Crippen LogP contribution is -2.44. The van der Waals surface area contributed by atoms with E-state index in [4.69, 9.17) is 30.2 Å². The van der Waals surface area contributed by atoms with E-state index in [1.165, 1.54) is 25.8 Å². The summed E-state index contributed by atoms with van der Waals surface area (Å²) < 4.78 is 22.8. The smallest absolute Gasteiger partial charge is 0.291 e. The van der Waals surface area contributed by atoms with E-state index < -0.39 is 5.91 Å². The van der Waals surface area contributed by atoms with Crippen molar-refractivity contribution >= 4 is 29.1 Å². The lowest BCUT2D eigenvalue weighted by atomic mass is 9.84. The molecule has 0 unspecified atom stereocenters. The summed E-state index contributed by atoms with van der Waals surface area (Å²) >= 11 is 6.60. The van der Waals surface area contributed by atoms with Crippen LogP contribution in [-0.4, -0.2) is 86.2 Å². The number of carbonyl (C=O) groups excluding carboxylic acids is 1. The number of benzene rings is 1. The van der Waals surface area contributed by atoms with Gasteiger partial charge in [0.05, 0.1) is 19.2 Å². The van der Waals surface area contributed by atoms with Crippen molar-refractivity contribution < 1.29 is 23.4 Å². The van der Waals surface area contributed by atoms with Crippen LogP contribution in [0.3, 0.4) is 0 Å². The Bertz CT molecular complexity index is 1440. The van der Waals surface area contributed by atoms with E-state index in [0.717, 1.165) is 63.1 Å². The Labute approximate surface area is 257 Å². The van der Waals surface area contributed by atoms with Crippen LogP contribution in [0.15, 0.2) is 22.6 Å². The number of fused-ring (bicyclic) bond motifs is 1. The molecule has 0 saturated carbocycles. The van der Waals surface area contributed by atoms with Crippen LogP contribution < -0.4 is 24.8 Å². The van der Waals surface area contributed by atoms with E-state index >= 15 is 0 Å². The second-order valence-corrected chi connectivity index (χ2v) is 12.2. The van der Waals surface area contributed by atoms with Crippen LogP contribution >= 0.6 is 11.6 Å². The maximum absolute atomic E-state index is 13.2. The fraction of sp³-hybridized carbons (Fsp3) is 0.516. The topological polar surface area (TPSA) is 114 Å². The molecule has 5 rings (SSSR count). The van der Waals surface area contributed by atoms with E-state index in [-0.39, 0.29) is 34.6 Å². The van der Waals surface area contributed by atoms with Gasteiger partial charge in [0, 0.05) is 44.4 Å². The van der Waals surface area contributed by atoms with Gasteiger partial charge in [-0.25, -0.2) is 0 Å². The molecule has 0 atom stereocenters. The number of piperazine rings is 1. The van der Waals surface area contributed by atoms with Gasteiger partial charge in [0.2, 0.25) is 17.7 Å². The number of ether oxygens (including phenoxy) is 3. The summed E-state index contributed by atoms with van der Waals surface area (Å²) in [7, 11) is 5.09. The average Bonchev–Trinajstić information content (AvgIpc) is 3.58.